The van der Waals surface area contributed by atoms with Gasteiger partial charge in [0.1, 0.15) is 6.34 Å². The van der Waals surface area contributed by atoms with Crippen LogP contribution >= 0.6 is 0 Å². The van der Waals surface area contributed by atoms with E-state index in [1.165, 1.54) is 11.9 Å². The van der Waals surface area contributed by atoms with E-state index in [0.29, 0.717) is 0 Å². The van der Waals surface area contributed by atoms with Crippen LogP contribution in [0.15, 0.2) is 29.4 Å². The fourth-order valence-electron chi connectivity index (χ4n) is 0.842. The van der Waals surface area contributed by atoms with Gasteiger partial charge in [-0.3, -0.25) is 0 Å². The van der Waals surface area contributed by atoms with E-state index in [1.54, 1.807) is 0 Å². The molecule has 0 amide bonds. The summed E-state index contributed by atoms with van der Waals surface area (Å²) in [6.45, 7) is 2.02. The molecular formula is C8H11N3. The molecule has 0 heterocycles. The lowest BCUT2D eigenvalue weighted by Gasteiger charge is -2.02. The van der Waals surface area contributed by atoms with Crippen LogP contribution in [0.25, 0.3) is 0 Å². The highest BCUT2D eigenvalue weighted by Gasteiger charge is 1.90. The molecule has 0 aromatic heterocycles. The van der Waals surface area contributed by atoms with Crippen molar-refractivity contribution in [1.29, 1.82) is 0 Å². The number of aryl methyl sites for hydroxylation is 1. The zero-order valence-corrected chi connectivity index (χ0v) is 6.41. The second-order valence-corrected chi connectivity index (χ2v) is 2.24. The maximum Gasteiger partial charge on any atom is 0.112 e. The molecule has 1 aromatic rings. The van der Waals surface area contributed by atoms with Crippen LogP contribution in [0.4, 0.5) is 5.69 Å². The number of nitrogens with one attached hydrogen (secondary N) is 1. The Morgan fingerprint density at radius 3 is 2.82 bits per heavy atom. The SMILES string of the molecule is Cc1ccccc1N/C=N\N. The van der Waals surface area contributed by atoms with Crippen LogP contribution in [-0.4, -0.2) is 6.34 Å². The highest BCUT2D eigenvalue weighted by Crippen LogP contribution is 2.11. The number of hydrogen-bond acceptors (Lipinski definition) is 2. The molecule has 0 radical (unpaired) electrons. The van der Waals surface area contributed by atoms with E-state index >= 15 is 0 Å². The molecule has 0 saturated heterocycles. The molecule has 0 spiro atoms. The first-order valence-electron chi connectivity index (χ1n) is 3.38. The van der Waals surface area contributed by atoms with Crippen molar-refractivity contribution in [2.75, 3.05) is 5.32 Å². The average Bonchev–Trinajstić information content (AvgIpc) is 2.03. The van der Waals surface area contributed by atoms with E-state index in [-0.39, 0.29) is 0 Å². The summed E-state index contributed by atoms with van der Waals surface area (Å²) >= 11 is 0. The molecule has 0 atom stereocenters. The van der Waals surface area contributed by atoms with Crippen LogP contribution in [0.1, 0.15) is 5.56 Å². The van der Waals surface area contributed by atoms with E-state index < -0.39 is 0 Å². The third-order valence-corrected chi connectivity index (χ3v) is 1.44. The molecule has 0 fully saturated rings. The van der Waals surface area contributed by atoms with Gasteiger partial charge in [-0.1, -0.05) is 18.2 Å². The van der Waals surface area contributed by atoms with Gasteiger partial charge in [-0.15, -0.1) is 0 Å². The number of hydrazone groups is 1. The predicted molar refractivity (Wildman–Crippen MR) is 47.5 cm³/mol. The first-order valence-corrected chi connectivity index (χ1v) is 3.38. The van der Waals surface area contributed by atoms with Crippen LogP contribution in [0.5, 0.6) is 0 Å². The minimum Gasteiger partial charge on any atom is -0.345 e. The lowest BCUT2D eigenvalue weighted by Crippen LogP contribution is -1.98. The highest BCUT2D eigenvalue weighted by molar-refractivity contribution is 5.76. The van der Waals surface area contributed by atoms with E-state index in [9.17, 15) is 0 Å². The molecule has 0 aliphatic carbocycles. The van der Waals surface area contributed by atoms with Gasteiger partial charge in [0, 0.05) is 5.69 Å². The zero-order valence-electron chi connectivity index (χ0n) is 6.41. The molecule has 11 heavy (non-hydrogen) atoms. The topological polar surface area (TPSA) is 50.4 Å². The van der Waals surface area contributed by atoms with E-state index in [0.717, 1.165) is 5.69 Å². The van der Waals surface area contributed by atoms with Gasteiger partial charge in [0.2, 0.25) is 0 Å². The standard InChI is InChI=1S/C8H11N3/c1-7-4-2-3-5-8(7)10-6-11-9/h2-6H,9H2,1H3,(H,10,11). The average molecular weight is 149 g/mol. The van der Waals surface area contributed by atoms with Gasteiger partial charge in [0.05, 0.1) is 0 Å². The van der Waals surface area contributed by atoms with Crippen molar-refractivity contribution in [3.8, 4) is 0 Å². The smallest absolute Gasteiger partial charge is 0.112 e. The number of anilines is 1. The second-order valence-electron chi connectivity index (χ2n) is 2.24. The van der Waals surface area contributed by atoms with Crippen LogP contribution in [0.2, 0.25) is 0 Å². The van der Waals surface area contributed by atoms with Gasteiger partial charge in [-0.25, -0.2) is 0 Å². The van der Waals surface area contributed by atoms with Crippen LogP contribution in [-0.2, 0) is 0 Å². The van der Waals surface area contributed by atoms with Gasteiger partial charge >= 0.3 is 0 Å². The van der Waals surface area contributed by atoms with E-state index in [1.807, 2.05) is 31.2 Å². The summed E-state index contributed by atoms with van der Waals surface area (Å²) in [5, 5.41) is 6.28. The number of nitrogens with two attached hydrogens (primary N) is 1. The van der Waals surface area contributed by atoms with Gasteiger partial charge < -0.3 is 11.2 Å². The Kier molecular flexibility index (Phi) is 2.49. The first kappa shape index (κ1) is 7.60. The van der Waals surface area contributed by atoms with Crippen molar-refractivity contribution in [2.24, 2.45) is 10.9 Å². The number of rotatable bonds is 2. The Bertz CT molecular complexity index is 255. The highest BCUT2D eigenvalue weighted by atomic mass is 15.2. The normalized spacial score (nSPS) is 10.3. The van der Waals surface area contributed by atoms with Crippen molar-refractivity contribution < 1.29 is 0 Å². The first-order chi connectivity index (χ1) is 5.34. The fraction of sp³-hybridized carbons (Fsp3) is 0.125. The summed E-state index contributed by atoms with van der Waals surface area (Å²) in [7, 11) is 0. The minimum atomic E-state index is 1.03. The Morgan fingerprint density at radius 2 is 2.18 bits per heavy atom. The molecule has 3 nitrogen and oxygen atoms in total. The van der Waals surface area contributed by atoms with Crippen LogP contribution in [0, 0.1) is 6.92 Å². The Labute approximate surface area is 65.9 Å². The molecule has 3 heteroatoms. The van der Waals surface area contributed by atoms with E-state index in [4.69, 9.17) is 5.84 Å². The van der Waals surface area contributed by atoms with Crippen molar-refractivity contribution >= 4 is 12.0 Å². The molecule has 0 saturated carbocycles. The summed E-state index contributed by atoms with van der Waals surface area (Å²) in [6.07, 6.45) is 1.46. The van der Waals surface area contributed by atoms with Gasteiger partial charge in [0.15, 0.2) is 0 Å². The van der Waals surface area contributed by atoms with Gasteiger partial charge in [-0.2, -0.15) is 5.10 Å². The summed E-state index contributed by atoms with van der Waals surface area (Å²) in [4.78, 5) is 0. The Morgan fingerprint density at radius 1 is 1.45 bits per heavy atom. The van der Waals surface area contributed by atoms with E-state index in [2.05, 4.69) is 10.4 Å². The van der Waals surface area contributed by atoms with Gasteiger partial charge in [-0.05, 0) is 18.6 Å². The molecule has 1 aromatic carbocycles. The van der Waals surface area contributed by atoms with Gasteiger partial charge in [0.25, 0.3) is 0 Å². The van der Waals surface area contributed by atoms with Crippen molar-refractivity contribution in [3.63, 3.8) is 0 Å². The fourth-order valence-corrected chi connectivity index (χ4v) is 0.842. The Balaban J connectivity index is 2.77. The zero-order chi connectivity index (χ0) is 8.10. The molecule has 58 valence electrons. The minimum absolute atomic E-state index is 1.03. The number of nitrogens with zero attached hydrogens (tertiary/aromatic N) is 1. The molecule has 0 bridgehead atoms. The van der Waals surface area contributed by atoms with Crippen LogP contribution < -0.4 is 11.2 Å². The number of benzene rings is 1. The summed E-state index contributed by atoms with van der Waals surface area (Å²) in [5.41, 5.74) is 2.20. The quantitative estimate of drug-likeness (QED) is 0.288. The van der Waals surface area contributed by atoms with Crippen molar-refractivity contribution in [3.05, 3.63) is 29.8 Å². The van der Waals surface area contributed by atoms with Crippen molar-refractivity contribution in [2.45, 2.75) is 6.92 Å². The summed E-state index contributed by atoms with van der Waals surface area (Å²) in [6, 6.07) is 7.93. The lowest BCUT2D eigenvalue weighted by molar-refractivity contribution is 1.26. The maximum atomic E-state index is 4.93. The monoisotopic (exact) mass is 149 g/mol. The summed E-state index contributed by atoms with van der Waals surface area (Å²) < 4.78 is 0. The van der Waals surface area contributed by atoms with Crippen LogP contribution in [0.3, 0.4) is 0 Å². The maximum absolute atomic E-state index is 4.93. The molecule has 0 unspecified atom stereocenters. The largest absolute Gasteiger partial charge is 0.345 e. The number of hydrogen-bond donors (Lipinski definition) is 2. The third kappa shape index (κ3) is 1.97. The third-order valence-electron chi connectivity index (χ3n) is 1.44. The molecule has 0 aliphatic rings. The summed E-state index contributed by atoms with van der Waals surface area (Å²) in [5.74, 6) is 4.93. The van der Waals surface area contributed by atoms with Crippen molar-refractivity contribution in [1.82, 2.24) is 0 Å². The number of para-hydroxylation sites is 1. The lowest BCUT2D eigenvalue weighted by atomic mass is 10.2. The molecule has 1 rings (SSSR count). The molecular weight excluding hydrogens is 138 g/mol. The molecule has 3 N–H and O–H groups in total. The predicted octanol–water partition coefficient (Wildman–Crippen LogP) is 1.31. The molecule has 0 aliphatic heterocycles. The second kappa shape index (κ2) is 3.61. The Hall–Kier alpha value is -1.51.